The number of carbonyl (C=O) groups excluding carboxylic acids is 2. The molecule has 0 radical (unpaired) electrons. The number of likely N-dealkylation sites (tertiary alicyclic amines) is 1. The summed E-state index contributed by atoms with van der Waals surface area (Å²) in [5, 5.41) is 11.3. The van der Waals surface area contributed by atoms with Gasteiger partial charge in [-0.3, -0.25) is 9.59 Å². The van der Waals surface area contributed by atoms with Crippen LogP contribution in [0.5, 0.6) is 11.5 Å². The molecule has 1 saturated heterocycles. The minimum atomic E-state index is -0.694. The van der Waals surface area contributed by atoms with Crippen molar-refractivity contribution in [3.05, 3.63) is 101 Å². The molecule has 1 heterocycles. The van der Waals surface area contributed by atoms with Crippen molar-refractivity contribution >= 4 is 17.4 Å². The number of aliphatic hydroxyl groups excluding tert-OH is 1. The average Bonchev–Trinajstić information content (AvgIpc) is 3.17. The van der Waals surface area contributed by atoms with Gasteiger partial charge in [0, 0.05) is 12.1 Å². The molecule has 38 heavy (non-hydrogen) atoms. The maximum atomic E-state index is 13.2. The summed E-state index contributed by atoms with van der Waals surface area (Å²) in [6.45, 7) is 3.61. The molecule has 198 valence electrons. The minimum Gasteiger partial charge on any atom is -0.507 e. The fourth-order valence-corrected chi connectivity index (χ4v) is 4.63. The molecule has 3 aromatic rings. The molecule has 0 aliphatic carbocycles. The first kappa shape index (κ1) is 26.9. The summed E-state index contributed by atoms with van der Waals surface area (Å²) in [7, 11) is 5.50. The molecule has 1 atom stereocenters. The molecule has 1 N–H and O–H groups in total. The number of aliphatic hydroxyl groups is 1. The highest BCUT2D eigenvalue weighted by atomic mass is 16.5. The van der Waals surface area contributed by atoms with Crippen molar-refractivity contribution in [2.45, 2.75) is 26.0 Å². The van der Waals surface area contributed by atoms with Crippen LogP contribution in [-0.2, 0) is 16.2 Å². The van der Waals surface area contributed by atoms with Gasteiger partial charge < -0.3 is 24.4 Å². The summed E-state index contributed by atoms with van der Waals surface area (Å²) in [4.78, 5) is 29.9. The van der Waals surface area contributed by atoms with Gasteiger partial charge in [0.1, 0.15) is 23.9 Å². The van der Waals surface area contributed by atoms with E-state index in [-0.39, 0.29) is 11.3 Å². The van der Waals surface area contributed by atoms with Crippen molar-refractivity contribution in [1.82, 2.24) is 9.80 Å². The average molecular weight is 515 g/mol. The van der Waals surface area contributed by atoms with Crippen LogP contribution < -0.4 is 9.47 Å². The Morgan fingerprint density at radius 3 is 2.29 bits per heavy atom. The number of rotatable bonds is 10. The number of amides is 1. The quantitative estimate of drug-likeness (QED) is 0.234. The summed E-state index contributed by atoms with van der Waals surface area (Å²) >= 11 is 0. The number of nitrogens with zero attached hydrogens (tertiary/aromatic N) is 2. The van der Waals surface area contributed by atoms with Gasteiger partial charge in [-0.05, 0) is 81.5 Å². The first-order valence-corrected chi connectivity index (χ1v) is 12.6. The molecular formula is C31H34N2O5. The van der Waals surface area contributed by atoms with E-state index in [0.717, 1.165) is 23.2 Å². The van der Waals surface area contributed by atoms with Crippen molar-refractivity contribution in [2.75, 3.05) is 34.3 Å². The third kappa shape index (κ3) is 6.06. The molecule has 1 aliphatic heterocycles. The molecular weight excluding hydrogens is 480 g/mol. The van der Waals surface area contributed by atoms with Gasteiger partial charge in [0.25, 0.3) is 11.7 Å². The Balaban J connectivity index is 1.63. The number of Topliss-reactive ketones (excluding diaryl/α,β-unsaturated/α-hetero) is 1. The largest absolute Gasteiger partial charge is 0.507 e. The monoisotopic (exact) mass is 514 g/mol. The first-order chi connectivity index (χ1) is 18.3. The molecule has 0 saturated carbocycles. The van der Waals surface area contributed by atoms with E-state index in [2.05, 4.69) is 6.07 Å². The lowest BCUT2D eigenvalue weighted by atomic mass is 9.95. The number of aryl methyl sites for hydroxylation is 1. The van der Waals surface area contributed by atoms with E-state index in [4.69, 9.17) is 9.47 Å². The number of ether oxygens (including phenoxy) is 2. The lowest BCUT2D eigenvalue weighted by Crippen LogP contribution is -2.32. The Morgan fingerprint density at radius 1 is 0.974 bits per heavy atom. The summed E-state index contributed by atoms with van der Waals surface area (Å²) in [6.07, 6.45) is 0.694. The summed E-state index contributed by atoms with van der Waals surface area (Å²) in [6, 6.07) is 21.5. The molecule has 1 fully saturated rings. The highest BCUT2D eigenvalue weighted by molar-refractivity contribution is 6.46. The van der Waals surface area contributed by atoms with E-state index in [1.165, 1.54) is 0 Å². The summed E-state index contributed by atoms with van der Waals surface area (Å²) < 4.78 is 11.2. The van der Waals surface area contributed by atoms with Crippen LogP contribution in [0.4, 0.5) is 0 Å². The van der Waals surface area contributed by atoms with Gasteiger partial charge in [-0.15, -0.1) is 0 Å². The zero-order valence-electron chi connectivity index (χ0n) is 22.3. The van der Waals surface area contributed by atoms with Crippen LogP contribution in [-0.4, -0.2) is 60.9 Å². The predicted molar refractivity (Wildman–Crippen MR) is 147 cm³/mol. The standard InChI is InChI=1S/C31H34N2O5/c1-21-7-5-8-22(19-21)20-38-26-15-11-24(12-16-26)29(34)27-28(23-9-13-25(37-4)14-10-23)33(31(36)30(27)35)18-6-17-32(2)3/h5,7-16,19,28,34H,6,17-18,20H2,1-4H3. The lowest BCUT2D eigenvalue weighted by Gasteiger charge is -2.26. The highest BCUT2D eigenvalue weighted by Gasteiger charge is 2.45. The second-order valence-electron chi connectivity index (χ2n) is 9.72. The van der Waals surface area contributed by atoms with Gasteiger partial charge in [-0.2, -0.15) is 0 Å². The van der Waals surface area contributed by atoms with Gasteiger partial charge in [-0.1, -0.05) is 42.0 Å². The Morgan fingerprint density at radius 2 is 1.66 bits per heavy atom. The zero-order chi connectivity index (χ0) is 27.2. The van der Waals surface area contributed by atoms with Crippen LogP contribution in [0.1, 0.15) is 34.7 Å². The Kier molecular flexibility index (Phi) is 8.48. The highest BCUT2D eigenvalue weighted by Crippen LogP contribution is 2.40. The lowest BCUT2D eigenvalue weighted by molar-refractivity contribution is -0.139. The van der Waals surface area contributed by atoms with E-state index >= 15 is 0 Å². The fraction of sp³-hybridized carbons (Fsp3) is 0.290. The molecule has 1 aliphatic rings. The first-order valence-electron chi connectivity index (χ1n) is 12.6. The molecule has 4 rings (SSSR count). The molecule has 0 aromatic heterocycles. The van der Waals surface area contributed by atoms with Crippen LogP contribution >= 0.6 is 0 Å². The van der Waals surface area contributed by atoms with E-state index in [0.29, 0.717) is 36.6 Å². The Hall–Kier alpha value is -4.10. The molecule has 3 aromatic carbocycles. The molecule has 0 spiro atoms. The van der Waals surface area contributed by atoms with Crippen LogP contribution in [0.25, 0.3) is 5.76 Å². The van der Waals surface area contributed by atoms with Gasteiger partial charge >= 0.3 is 0 Å². The van der Waals surface area contributed by atoms with Gasteiger partial charge in [0.2, 0.25) is 0 Å². The SMILES string of the molecule is COc1ccc(C2C(=C(O)c3ccc(OCc4cccc(C)c4)cc3)C(=O)C(=O)N2CCCN(C)C)cc1. The number of ketones is 1. The van der Waals surface area contributed by atoms with Crippen LogP contribution in [0, 0.1) is 6.92 Å². The number of carbonyl (C=O) groups is 2. The van der Waals surface area contributed by atoms with E-state index in [9.17, 15) is 14.7 Å². The molecule has 1 amide bonds. The zero-order valence-corrected chi connectivity index (χ0v) is 22.3. The van der Waals surface area contributed by atoms with E-state index in [1.807, 2.05) is 56.3 Å². The predicted octanol–water partition coefficient (Wildman–Crippen LogP) is 4.96. The van der Waals surface area contributed by atoms with Gasteiger partial charge in [-0.25, -0.2) is 0 Å². The third-order valence-electron chi connectivity index (χ3n) is 6.59. The minimum absolute atomic E-state index is 0.0819. The molecule has 7 heteroatoms. The van der Waals surface area contributed by atoms with E-state index in [1.54, 1.807) is 48.4 Å². The van der Waals surface area contributed by atoms with Gasteiger partial charge in [0.15, 0.2) is 0 Å². The van der Waals surface area contributed by atoms with Crippen molar-refractivity contribution in [3.63, 3.8) is 0 Å². The van der Waals surface area contributed by atoms with Crippen molar-refractivity contribution in [1.29, 1.82) is 0 Å². The smallest absolute Gasteiger partial charge is 0.295 e. The maximum absolute atomic E-state index is 13.2. The van der Waals surface area contributed by atoms with Crippen molar-refractivity contribution < 1.29 is 24.2 Å². The summed E-state index contributed by atoms with van der Waals surface area (Å²) in [5.41, 5.74) is 3.48. The molecule has 1 unspecified atom stereocenters. The topological polar surface area (TPSA) is 79.3 Å². The van der Waals surface area contributed by atoms with Crippen LogP contribution in [0.3, 0.4) is 0 Å². The Bertz CT molecular complexity index is 1310. The number of hydrogen-bond donors (Lipinski definition) is 1. The molecule has 0 bridgehead atoms. The summed E-state index contributed by atoms with van der Waals surface area (Å²) in [5.74, 6) is -0.194. The second kappa shape index (κ2) is 12.0. The van der Waals surface area contributed by atoms with Crippen LogP contribution in [0.2, 0.25) is 0 Å². The molecule has 7 nitrogen and oxygen atoms in total. The normalized spacial score (nSPS) is 16.8. The fourth-order valence-electron chi connectivity index (χ4n) is 4.63. The number of methoxy groups -OCH3 is 1. The van der Waals surface area contributed by atoms with Crippen molar-refractivity contribution in [3.8, 4) is 11.5 Å². The second-order valence-corrected chi connectivity index (χ2v) is 9.72. The van der Waals surface area contributed by atoms with Crippen molar-refractivity contribution in [2.24, 2.45) is 0 Å². The maximum Gasteiger partial charge on any atom is 0.295 e. The van der Waals surface area contributed by atoms with Gasteiger partial charge in [0.05, 0.1) is 18.7 Å². The van der Waals surface area contributed by atoms with Crippen LogP contribution in [0.15, 0.2) is 78.4 Å². The van der Waals surface area contributed by atoms with E-state index < -0.39 is 17.7 Å². The third-order valence-corrected chi connectivity index (χ3v) is 6.59. The Labute approximate surface area is 223 Å². The number of benzene rings is 3. The number of hydrogen-bond acceptors (Lipinski definition) is 6.